The highest BCUT2D eigenvalue weighted by Gasteiger charge is 2.11. The van der Waals surface area contributed by atoms with E-state index in [2.05, 4.69) is 12.1 Å². The van der Waals surface area contributed by atoms with Crippen LogP contribution in [0.3, 0.4) is 0 Å². The van der Waals surface area contributed by atoms with E-state index in [0.717, 1.165) is 17.7 Å². The van der Waals surface area contributed by atoms with Crippen LogP contribution in [0.1, 0.15) is 40.7 Å². The molecule has 0 unspecified atom stereocenters. The summed E-state index contributed by atoms with van der Waals surface area (Å²) >= 11 is 0. The molecule has 0 aliphatic heterocycles. The maximum atomic E-state index is 12.0. The fraction of sp³-hybridized carbons (Fsp3) is 0.316. The number of fused-ring (bicyclic) bond motifs is 1. The zero-order valence-corrected chi connectivity index (χ0v) is 12.2. The second-order valence-corrected chi connectivity index (χ2v) is 5.53. The Morgan fingerprint density at radius 2 is 1.81 bits per heavy atom. The molecule has 0 N–H and O–H groups in total. The SMILES string of the molecule is O=C(CCCOc1ccc2c(c1)CCC2)c1ccccc1. The van der Waals surface area contributed by atoms with Gasteiger partial charge in [-0.2, -0.15) is 0 Å². The summed E-state index contributed by atoms with van der Waals surface area (Å²) in [7, 11) is 0. The van der Waals surface area contributed by atoms with E-state index >= 15 is 0 Å². The van der Waals surface area contributed by atoms with E-state index in [1.807, 2.05) is 36.4 Å². The molecular formula is C19H20O2. The monoisotopic (exact) mass is 280 g/mol. The molecule has 2 aromatic rings. The summed E-state index contributed by atoms with van der Waals surface area (Å²) in [5, 5.41) is 0. The normalized spacial score (nSPS) is 13.0. The highest BCUT2D eigenvalue weighted by atomic mass is 16.5. The largest absolute Gasteiger partial charge is 0.494 e. The molecule has 0 radical (unpaired) electrons. The third-order valence-corrected chi connectivity index (χ3v) is 3.98. The zero-order chi connectivity index (χ0) is 14.5. The van der Waals surface area contributed by atoms with Crippen LogP contribution >= 0.6 is 0 Å². The number of rotatable bonds is 6. The lowest BCUT2D eigenvalue weighted by Gasteiger charge is -2.08. The molecule has 108 valence electrons. The molecule has 21 heavy (non-hydrogen) atoms. The van der Waals surface area contributed by atoms with Gasteiger partial charge in [0.25, 0.3) is 0 Å². The molecule has 0 atom stereocenters. The van der Waals surface area contributed by atoms with Crippen LogP contribution in [0.25, 0.3) is 0 Å². The molecule has 0 spiro atoms. The molecule has 0 fully saturated rings. The first-order valence-electron chi connectivity index (χ1n) is 7.66. The van der Waals surface area contributed by atoms with Gasteiger partial charge in [0.15, 0.2) is 5.78 Å². The number of benzene rings is 2. The molecule has 1 aliphatic rings. The maximum absolute atomic E-state index is 12.0. The Morgan fingerprint density at radius 3 is 2.67 bits per heavy atom. The summed E-state index contributed by atoms with van der Waals surface area (Å²) in [6.07, 6.45) is 4.91. The van der Waals surface area contributed by atoms with E-state index in [9.17, 15) is 4.79 Å². The van der Waals surface area contributed by atoms with E-state index < -0.39 is 0 Å². The van der Waals surface area contributed by atoms with Gasteiger partial charge in [-0.1, -0.05) is 36.4 Å². The molecule has 0 amide bonds. The molecule has 2 aromatic carbocycles. The lowest BCUT2D eigenvalue weighted by Crippen LogP contribution is -2.04. The molecule has 0 bridgehead atoms. The van der Waals surface area contributed by atoms with Gasteiger partial charge >= 0.3 is 0 Å². The highest BCUT2D eigenvalue weighted by Crippen LogP contribution is 2.26. The van der Waals surface area contributed by atoms with Crippen LogP contribution in [-0.4, -0.2) is 12.4 Å². The smallest absolute Gasteiger partial charge is 0.163 e. The molecule has 3 rings (SSSR count). The second-order valence-electron chi connectivity index (χ2n) is 5.53. The van der Waals surface area contributed by atoms with E-state index in [4.69, 9.17) is 4.74 Å². The van der Waals surface area contributed by atoms with Crippen LogP contribution in [0.15, 0.2) is 48.5 Å². The third-order valence-electron chi connectivity index (χ3n) is 3.98. The van der Waals surface area contributed by atoms with Crippen LogP contribution in [0.4, 0.5) is 0 Å². The minimum Gasteiger partial charge on any atom is -0.494 e. The van der Waals surface area contributed by atoms with Gasteiger partial charge in [0.2, 0.25) is 0 Å². The van der Waals surface area contributed by atoms with Crippen molar-refractivity contribution in [3.05, 3.63) is 65.2 Å². The molecule has 0 saturated heterocycles. The first-order valence-corrected chi connectivity index (χ1v) is 7.66. The minimum atomic E-state index is 0.188. The molecule has 0 saturated carbocycles. The first kappa shape index (κ1) is 13.9. The quantitative estimate of drug-likeness (QED) is 0.585. The predicted molar refractivity (Wildman–Crippen MR) is 84.0 cm³/mol. The van der Waals surface area contributed by atoms with Crippen molar-refractivity contribution in [2.75, 3.05) is 6.61 Å². The van der Waals surface area contributed by atoms with Crippen molar-refractivity contribution in [2.45, 2.75) is 32.1 Å². The number of ether oxygens (including phenoxy) is 1. The topological polar surface area (TPSA) is 26.3 Å². The van der Waals surface area contributed by atoms with Crippen LogP contribution in [-0.2, 0) is 12.8 Å². The third kappa shape index (κ3) is 3.52. The molecule has 1 aliphatic carbocycles. The summed E-state index contributed by atoms with van der Waals surface area (Å²) in [6, 6.07) is 15.8. The van der Waals surface area contributed by atoms with Crippen molar-refractivity contribution in [3.8, 4) is 5.75 Å². The van der Waals surface area contributed by atoms with Gasteiger partial charge in [0.05, 0.1) is 6.61 Å². The van der Waals surface area contributed by atoms with E-state index in [1.165, 1.54) is 30.4 Å². The molecular weight excluding hydrogens is 260 g/mol. The Labute approximate surface area is 125 Å². The van der Waals surface area contributed by atoms with E-state index in [0.29, 0.717) is 13.0 Å². The number of Topliss-reactive ketones (excluding diaryl/α,β-unsaturated/α-hetero) is 1. The van der Waals surface area contributed by atoms with Crippen LogP contribution in [0.5, 0.6) is 5.75 Å². The number of aryl methyl sites for hydroxylation is 2. The Hall–Kier alpha value is -2.09. The lowest BCUT2D eigenvalue weighted by atomic mass is 10.1. The Morgan fingerprint density at radius 1 is 1.00 bits per heavy atom. The number of hydrogen-bond donors (Lipinski definition) is 0. The Kier molecular flexibility index (Phi) is 4.34. The van der Waals surface area contributed by atoms with Crippen molar-refractivity contribution < 1.29 is 9.53 Å². The van der Waals surface area contributed by atoms with E-state index in [-0.39, 0.29) is 5.78 Å². The minimum absolute atomic E-state index is 0.188. The maximum Gasteiger partial charge on any atom is 0.163 e. The van der Waals surface area contributed by atoms with Crippen LogP contribution < -0.4 is 4.74 Å². The lowest BCUT2D eigenvalue weighted by molar-refractivity contribution is 0.0973. The predicted octanol–water partition coefficient (Wildman–Crippen LogP) is 4.22. The summed E-state index contributed by atoms with van der Waals surface area (Å²) < 4.78 is 5.77. The fourth-order valence-corrected chi connectivity index (χ4v) is 2.83. The van der Waals surface area contributed by atoms with Gasteiger partial charge in [0, 0.05) is 12.0 Å². The summed E-state index contributed by atoms with van der Waals surface area (Å²) in [5.41, 5.74) is 3.67. The van der Waals surface area contributed by atoms with Crippen molar-refractivity contribution in [1.29, 1.82) is 0 Å². The van der Waals surface area contributed by atoms with Crippen LogP contribution in [0, 0.1) is 0 Å². The fourth-order valence-electron chi connectivity index (χ4n) is 2.83. The Balaban J connectivity index is 1.45. The van der Waals surface area contributed by atoms with Crippen LogP contribution in [0.2, 0.25) is 0 Å². The Bertz CT molecular complexity index is 617. The van der Waals surface area contributed by atoms with Gasteiger partial charge in [-0.3, -0.25) is 4.79 Å². The van der Waals surface area contributed by atoms with Crippen molar-refractivity contribution in [2.24, 2.45) is 0 Å². The van der Waals surface area contributed by atoms with Gasteiger partial charge in [-0.25, -0.2) is 0 Å². The van der Waals surface area contributed by atoms with Gasteiger partial charge in [-0.15, -0.1) is 0 Å². The molecule has 0 aromatic heterocycles. The summed E-state index contributed by atoms with van der Waals surface area (Å²) in [6.45, 7) is 0.595. The molecule has 0 heterocycles. The molecule has 2 nitrogen and oxygen atoms in total. The summed E-state index contributed by atoms with van der Waals surface area (Å²) in [5.74, 6) is 1.12. The summed E-state index contributed by atoms with van der Waals surface area (Å²) in [4.78, 5) is 12.0. The average molecular weight is 280 g/mol. The number of carbonyl (C=O) groups excluding carboxylic acids is 1. The standard InChI is InChI=1S/C19H20O2/c20-19(16-6-2-1-3-7-16)10-5-13-21-18-12-11-15-8-4-9-17(15)14-18/h1-3,6-7,11-12,14H,4-5,8-10,13H2. The zero-order valence-electron chi connectivity index (χ0n) is 12.2. The second kappa shape index (κ2) is 6.57. The van der Waals surface area contributed by atoms with Crippen molar-refractivity contribution in [1.82, 2.24) is 0 Å². The highest BCUT2D eigenvalue weighted by molar-refractivity contribution is 5.95. The number of carbonyl (C=O) groups is 1. The van der Waals surface area contributed by atoms with Crippen molar-refractivity contribution >= 4 is 5.78 Å². The van der Waals surface area contributed by atoms with Gasteiger partial charge in [0.1, 0.15) is 5.75 Å². The van der Waals surface area contributed by atoms with Gasteiger partial charge < -0.3 is 4.74 Å². The number of hydrogen-bond acceptors (Lipinski definition) is 2. The van der Waals surface area contributed by atoms with Gasteiger partial charge in [-0.05, 0) is 48.9 Å². The average Bonchev–Trinajstić information content (AvgIpc) is 3.00. The van der Waals surface area contributed by atoms with E-state index in [1.54, 1.807) is 0 Å². The first-order chi connectivity index (χ1) is 10.3. The number of ketones is 1. The molecule has 2 heteroatoms. The van der Waals surface area contributed by atoms with Crippen molar-refractivity contribution in [3.63, 3.8) is 0 Å².